The van der Waals surface area contributed by atoms with E-state index in [4.69, 9.17) is 0 Å². The lowest BCUT2D eigenvalue weighted by Crippen LogP contribution is -2.39. The predicted molar refractivity (Wildman–Crippen MR) is 66.7 cm³/mol. The number of aliphatic hydroxyl groups excluding tert-OH is 1. The van der Waals surface area contributed by atoms with Crippen LogP contribution in [-0.2, 0) is 0 Å². The highest BCUT2D eigenvalue weighted by Crippen LogP contribution is 2.25. The molecule has 0 aromatic heterocycles. The summed E-state index contributed by atoms with van der Waals surface area (Å²) in [6.07, 6.45) is 0.481. The normalized spacial score (nSPS) is 26.8. The Labute approximate surface area is 102 Å². The quantitative estimate of drug-likeness (QED) is 0.846. The molecule has 0 radical (unpaired) electrons. The molecule has 0 aliphatic carbocycles. The summed E-state index contributed by atoms with van der Waals surface area (Å²) < 4.78 is 13.2. The van der Waals surface area contributed by atoms with E-state index in [1.54, 1.807) is 0 Å². The van der Waals surface area contributed by atoms with Gasteiger partial charge in [0.05, 0.1) is 6.10 Å². The number of benzene rings is 1. The Morgan fingerprint density at radius 1 is 1.47 bits per heavy atom. The summed E-state index contributed by atoms with van der Waals surface area (Å²) >= 11 is 0. The van der Waals surface area contributed by atoms with E-state index < -0.39 is 12.3 Å². The standard InChI is InChI=1S/C14H20FNO/c1-10-4-2-3-5-13(10)14(17)9-12-8-11(15)6-7-16-12/h2-5,11-12,14,16-17H,6-9H2,1H3/t11-,12-,14-/m0/s1. The monoisotopic (exact) mass is 237 g/mol. The van der Waals surface area contributed by atoms with Gasteiger partial charge in [0.1, 0.15) is 6.17 Å². The van der Waals surface area contributed by atoms with Gasteiger partial charge >= 0.3 is 0 Å². The maximum absolute atomic E-state index is 13.2. The van der Waals surface area contributed by atoms with Gasteiger partial charge in [0.2, 0.25) is 0 Å². The second-order valence-electron chi connectivity index (χ2n) is 4.88. The lowest BCUT2D eigenvalue weighted by atomic mass is 9.93. The smallest absolute Gasteiger partial charge is 0.103 e. The fraction of sp³-hybridized carbons (Fsp3) is 0.571. The van der Waals surface area contributed by atoms with Crippen molar-refractivity contribution < 1.29 is 9.50 Å². The number of aliphatic hydroxyl groups is 1. The van der Waals surface area contributed by atoms with Crippen LogP contribution in [0.15, 0.2) is 24.3 Å². The topological polar surface area (TPSA) is 32.3 Å². The Morgan fingerprint density at radius 3 is 2.94 bits per heavy atom. The summed E-state index contributed by atoms with van der Waals surface area (Å²) in [4.78, 5) is 0. The van der Waals surface area contributed by atoms with Crippen LogP contribution in [0.25, 0.3) is 0 Å². The molecule has 1 saturated heterocycles. The van der Waals surface area contributed by atoms with Crippen molar-refractivity contribution in [2.45, 2.75) is 44.5 Å². The molecule has 0 saturated carbocycles. The average Bonchev–Trinajstić information content (AvgIpc) is 2.29. The van der Waals surface area contributed by atoms with Gasteiger partial charge in [-0.05, 0) is 43.9 Å². The molecule has 0 unspecified atom stereocenters. The molecule has 2 N–H and O–H groups in total. The van der Waals surface area contributed by atoms with E-state index in [2.05, 4.69) is 5.32 Å². The van der Waals surface area contributed by atoms with Crippen LogP contribution < -0.4 is 5.32 Å². The Balaban J connectivity index is 1.97. The molecule has 3 atom stereocenters. The van der Waals surface area contributed by atoms with Crippen LogP contribution in [0.4, 0.5) is 4.39 Å². The summed E-state index contributed by atoms with van der Waals surface area (Å²) in [5, 5.41) is 13.4. The molecule has 3 heteroatoms. The lowest BCUT2D eigenvalue weighted by Gasteiger charge is -2.28. The minimum Gasteiger partial charge on any atom is -0.388 e. The number of halogens is 1. The SMILES string of the molecule is Cc1ccccc1[C@@H](O)C[C@@H]1C[C@@H](F)CCN1. The molecule has 94 valence electrons. The summed E-state index contributed by atoms with van der Waals surface area (Å²) in [6.45, 7) is 2.71. The molecule has 1 aromatic carbocycles. The van der Waals surface area contributed by atoms with Crippen molar-refractivity contribution in [3.8, 4) is 0 Å². The largest absolute Gasteiger partial charge is 0.388 e. The zero-order valence-electron chi connectivity index (χ0n) is 10.2. The molecular formula is C14H20FNO. The van der Waals surface area contributed by atoms with Gasteiger partial charge < -0.3 is 10.4 Å². The molecule has 2 rings (SSSR count). The number of hydrogen-bond acceptors (Lipinski definition) is 2. The number of aryl methyl sites for hydroxylation is 1. The first-order valence-corrected chi connectivity index (χ1v) is 6.28. The van der Waals surface area contributed by atoms with Gasteiger partial charge in [-0.15, -0.1) is 0 Å². The van der Waals surface area contributed by atoms with Crippen molar-refractivity contribution >= 4 is 0 Å². The number of piperidine rings is 1. The number of alkyl halides is 1. The maximum Gasteiger partial charge on any atom is 0.103 e. The third-order valence-corrected chi connectivity index (χ3v) is 3.49. The molecule has 1 aliphatic heterocycles. The van der Waals surface area contributed by atoms with E-state index in [0.717, 1.165) is 11.1 Å². The molecule has 17 heavy (non-hydrogen) atoms. The van der Waals surface area contributed by atoms with Crippen molar-refractivity contribution in [1.82, 2.24) is 5.32 Å². The Kier molecular flexibility index (Phi) is 4.13. The van der Waals surface area contributed by atoms with Gasteiger partial charge in [0.25, 0.3) is 0 Å². The number of rotatable bonds is 3. The fourth-order valence-electron chi connectivity index (χ4n) is 2.49. The molecule has 1 aliphatic rings. The molecule has 0 spiro atoms. The van der Waals surface area contributed by atoms with Gasteiger partial charge in [0, 0.05) is 6.04 Å². The van der Waals surface area contributed by atoms with Gasteiger partial charge in [-0.25, -0.2) is 4.39 Å². The number of nitrogens with one attached hydrogen (secondary N) is 1. The van der Waals surface area contributed by atoms with Crippen molar-refractivity contribution in [3.63, 3.8) is 0 Å². The average molecular weight is 237 g/mol. The Morgan fingerprint density at radius 2 is 2.24 bits per heavy atom. The second-order valence-corrected chi connectivity index (χ2v) is 4.88. The first kappa shape index (κ1) is 12.5. The minimum absolute atomic E-state index is 0.0911. The van der Waals surface area contributed by atoms with Gasteiger partial charge in [-0.2, -0.15) is 0 Å². The molecule has 1 heterocycles. The van der Waals surface area contributed by atoms with E-state index in [1.807, 2.05) is 31.2 Å². The van der Waals surface area contributed by atoms with Crippen LogP contribution in [0.2, 0.25) is 0 Å². The van der Waals surface area contributed by atoms with Gasteiger partial charge in [-0.1, -0.05) is 24.3 Å². The van der Waals surface area contributed by atoms with Crippen molar-refractivity contribution in [2.24, 2.45) is 0 Å². The molecule has 0 bridgehead atoms. The minimum atomic E-state index is -0.717. The summed E-state index contributed by atoms with van der Waals surface area (Å²) in [5.41, 5.74) is 2.04. The fourth-order valence-corrected chi connectivity index (χ4v) is 2.49. The second kappa shape index (κ2) is 5.61. The first-order valence-electron chi connectivity index (χ1n) is 6.28. The van der Waals surface area contributed by atoms with Crippen LogP contribution in [0, 0.1) is 6.92 Å². The summed E-state index contributed by atoms with van der Waals surface area (Å²) in [6, 6.07) is 7.91. The van der Waals surface area contributed by atoms with Crippen LogP contribution in [0.3, 0.4) is 0 Å². The van der Waals surface area contributed by atoms with Crippen molar-refractivity contribution in [3.05, 3.63) is 35.4 Å². The van der Waals surface area contributed by atoms with Crippen LogP contribution >= 0.6 is 0 Å². The van der Waals surface area contributed by atoms with Gasteiger partial charge in [0.15, 0.2) is 0 Å². The zero-order valence-corrected chi connectivity index (χ0v) is 10.2. The van der Waals surface area contributed by atoms with Crippen LogP contribution in [-0.4, -0.2) is 23.9 Å². The third-order valence-electron chi connectivity index (χ3n) is 3.49. The molecule has 1 aromatic rings. The summed E-state index contributed by atoms with van der Waals surface area (Å²) in [5.74, 6) is 0. The number of hydrogen-bond donors (Lipinski definition) is 2. The van der Waals surface area contributed by atoms with E-state index in [9.17, 15) is 9.50 Å². The zero-order chi connectivity index (χ0) is 12.3. The lowest BCUT2D eigenvalue weighted by molar-refractivity contribution is 0.127. The molecule has 0 amide bonds. The van der Waals surface area contributed by atoms with E-state index in [1.165, 1.54) is 0 Å². The van der Waals surface area contributed by atoms with Crippen molar-refractivity contribution in [1.29, 1.82) is 0 Å². The highest BCUT2D eigenvalue weighted by atomic mass is 19.1. The van der Waals surface area contributed by atoms with E-state index in [-0.39, 0.29) is 6.04 Å². The maximum atomic E-state index is 13.2. The molecular weight excluding hydrogens is 217 g/mol. The highest BCUT2D eigenvalue weighted by molar-refractivity contribution is 5.27. The predicted octanol–water partition coefficient (Wildman–Crippen LogP) is 2.51. The van der Waals surface area contributed by atoms with Gasteiger partial charge in [-0.3, -0.25) is 0 Å². The van der Waals surface area contributed by atoms with Crippen LogP contribution in [0.5, 0.6) is 0 Å². The van der Waals surface area contributed by atoms with Crippen molar-refractivity contribution in [2.75, 3.05) is 6.54 Å². The Bertz CT molecular complexity index is 369. The molecule has 1 fully saturated rings. The Hall–Kier alpha value is -0.930. The van der Waals surface area contributed by atoms with E-state index >= 15 is 0 Å². The first-order chi connectivity index (χ1) is 8.16. The van der Waals surface area contributed by atoms with E-state index in [0.29, 0.717) is 25.8 Å². The van der Waals surface area contributed by atoms with Crippen LogP contribution in [0.1, 0.15) is 36.5 Å². The summed E-state index contributed by atoms with van der Waals surface area (Å²) in [7, 11) is 0. The molecule has 2 nitrogen and oxygen atoms in total. The third kappa shape index (κ3) is 3.27. The highest BCUT2D eigenvalue weighted by Gasteiger charge is 2.24.